The largest absolute Gasteiger partial charge is 0.416 e. The maximum atomic E-state index is 12.5. The zero-order valence-electron chi connectivity index (χ0n) is 10.5. The smallest absolute Gasteiger partial charge is 0.327 e. The van der Waals surface area contributed by atoms with E-state index in [-0.39, 0.29) is 29.1 Å². The zero-order valence-corrected chi connectivity index (χ0v) is 11.3. The third-order valence-corrected chi connectivity index (χ3v) is 3.53. The second-order valence-corrected chi connectivity index (χ2v) is 5.35. The van der Waals surface area contributed by atoms with E-state index in [1.54, 1.807) is 0 Å². The average Bonchev–Trinajstić information content (AvgIpc) is 3.14. The summed E-state index contributed by atoms with van der Waals surface area (Å²) >= 11 is 5.74. The van der Waals surface area contributed by atoms with Crippen LogP contribution in [0.1, 0.15) is 24.8 Å². The Hall–Kier alpha value is -1.27. The molecule has 0 spiro atoms. The lowest BCUT2D eigenvalue weighted by Gasteiger charge is -2.13. The van der Waals surface area contributed by atoms with Crippen molar-refractivity contribution in [1.82, 2.24) is 0 Å². The number of benzene rings is 1. The van der Waals surface area contributed by atoms with Crippen LogP contribution in [0.2, 0.25) is 5.02 Å². The van der Waals surface area contributed by atoms with Crippen LogP contribution in [-0.2, 0) is 11.0 Å². The first kappa shape index (κ1) is 15.1. The normalized spacial score (nSPS) is 16.9. The van der Waals surface area contributed by atoms with E-state index in [9.17, 15) is 18.0 Å². The van der Waals surface area contributed by atoms with E-state index >= 15 is 0 Å². The summed E-state index contributed by atoms with van der Waals surface area (Å²) in [7, 11) is 0. The number of hydrogen-bond donors (Lipinski definition) is 2. The number of anilines is 1. The maximum Gasteiger partial charge on any atom is 0.416 e. The molecule has 0 radical (unpaired) electrons. The van der Waals surface area contributed by atoms with Crippen LogP contribution in [0.15, 0.2) is 18.2 Å². The third kappa shape index (κ3) is 3.86. The zero-order chi connectivity index (χ0) is 14.9. The van der Waals surface area contributed by atoms with Gasteiger partial charge in [0.2, 0.25) is 5.91 Å². The van der Waals surface area contributed by atoms with Gasteiger partial charge in [-0.25, -0.2) is 0 Å². The maximum absolute atomic E-state index is 12.5. The van der Waals surface area contributed by atoms with Gasteiger partial charge < -0.3 is 11.1 Å². The van der Waals surface area contributed by atoms with Gasteiger partial charge in [0, 0.05) is 12.5 Å². The Kier molecular flexibility index (Phi) is 4.25. The average molecular weight is 307 g/mol. The fourth-order valence-corrected chi connectivity index (χ4v) is 2.13. The first-order valence-corrected chi connectivity index (χ1v) is 6.57. The highest BCUT2D eigenvalue weighted by atomic mass is 35.5. The summed E-state index contributed by atoms with van der Waals surface area (Å²) in [5.74, 6) is 0.0369. The lowest BCUT2D eigenvalue weighted by atomic mass is 10.1. The Morgan fingerprint density at radius 1 is 1.45 bits per heavy atom. The standard InChI is InChI=1S/C13H14ClF3N2O/c14-9-5-8(13(15,16)17)3-4-11(9)19-12(20)6-10(18)7-1-2-7/h3-5,7,10H,1-2,6,18H2,(H,19,20). The number of amides is 1. The molecule has 20 heavy (non-hydrogen) atoms. The second-order valence-electron chi connectivity index (χ2n) is 4.95. The molecule has 1 aromatic carbocycles. The summed E-state index contributed by atoms with van der Waals surface area (Å²) in [5.41, 5.74) is 5.12. The van der Waals surface area contributed by atoms with E-state index in [1.807, 2.05) is 0 Å². The van der Waals surface area contributed by atoms with E-state index in [0.717, 1.165) is 31.0 Å². The lowest BCUT2D eigenvalue weighted by Crippen LogP contribution is -2.28. The highest BCUT2D eigenvalue weighted by Crippen LogP contribution is 2.35. The molecule has 1 saturated carbocycles. The predicted octanol–water partition coefficient (Wildman–Crippen LogP) is 3.42. The number of carbonyl (C=O) groups excluding carboxylic acids is 1. The minimum Gasteiger partial charge on any atom is -0.327 e. The number of alkyl halides is 3. The first-order chi connectivity index (χ1) is 9.27. The topological polar surface area (TPSA) is 55.1 Å². The molecule has 7 heteroatoms. The second kappa shape index (κ2) is 5.61. The summed E-state index contributed by atoms with van der Waals surface area (Å²) in [6.45, 7) is 0. The Bertz CT molecular complexity index is 515. The summed E-state index contributed by atoms with van der Waals surface area (Å²) in [6, 6.07) is 2.61. The number of hydrogen-bond acceptors (Lipinski definition) is 2. The molecule has 1 fully saturated rings. The number of rotatable bonds is 4. The molecule has 3 N–H and O–H groups in total. The summed E-state index contributed by atoms with van der Waals surface area (Å²) in [5, 5.41) is 2.34. The molecule has 1 aromatic rings. The number of nitrogens with one attached hydrogen (secondary N) is 1. The van der Waals surface area contributed by atoms with Crippen molar-refractivity contribution in [3.8, 4) is 0 Å². The van der Waals surface area contributed by atoms with Gasteiger partial charge in [-0.15, -0.1) is 0 Å². The number of nitrogens with two attached hydrogens (primary N) is 1. The SMILES string of the molecule is NC(CC(=O)Nc1ccc(C(F)(F)F)cc1Cl)C1CC1. The Balaban J connectivity index is 2.00. The summed E-state index contributed by atoms with van der Waals surface area (Å²) < 4.78 is 37.4. The van der Waals surface area contributed by atoms with Crippen LogP contribution < -0.4 is 11.1 Å². The van der Waals surface area contributed by atoms with Gasteiger partial charge in [0.05, 0.1) is 16.3 Å². The molecular weight excluding hydrogens is 293 g/mol. The molecular formula is C13H14ClF3N2O. The van der Waals surface area contributed by atoms with Gasteiger partial charge in [0.15, 0.2) is 0 Å². The quantitative estimate of drug-likeness (QED) is 0.895. The Morgan fingerprint density at radius 2 is 2.10 bits per heavy atom. The van der Waals surface area contributed by atoms with Gasteiger partial charge in [-0.05, 0) is 37.0 Å². The minimum atomic E-state index is -4.46. The van der Waals surface area contributed by atoms with E-state index < -0.39 is 11.7 Å². The lowest BCUT2D eigenvalue weighted by molar-refractivity contribution is -0.137. The van der Waals surface area contributed by atoms with Gasteiger partial charge in [-0.3, -0.25) is 4.79 Å². The van der Waals surface area contributed by atoms with Gasteiger partial charge in [0.25, 0.3) is 0 Å². The van der Waals surface area contributed by atoms with Crippen molar-refractivity contribution in [2.24, 2.45) is 11.7 Å². The van der Waals surface area contributed by atoms with Gasteiger partial charge in [-0.1, -0.05) is 11.6 Å². The molecule has 2 rings (SSSR count). The Labute approximate surface area is 119 Å². The fraction of sp³-hybridized carbons (Fsp3) is 0.462. The van der Waals surface area contributed by atoms with E-state index in [1.165, 1.54) is 0 Å². The third-order valence-electron chi connectivity index (χ3n) is 3.22. The van der Waals surface area contributed by atoms with Crippen molar-refractivity contribution in [2.45, 2.75) is 31.5 Å². The molecule has 0 bridgehead atoms. The van der Waals surface area contributed by atoms with Crippen LogP contribution in [-0.4, -0.2) is 11.9 Å². The van der Waals surface area contributed by atoms with Crippen molar-refractivity contribution in [2.75, 3.05) is 5.32 Å². The Morgan fingerprint density at radius 3 is 2.60 bits per heavy atom. The van der Waals surface area contributed by atoms with E-state index in [4.69, 9.17) is 17.3 Å². The fourth-order valence-electron chi connectivity index (χ4n) is 1.90. The highest BCUT2D eigenvalue weighted by molar-refractivity contribution is 6.33. The van der Waals surface area contributed by atoms with Crippen LogP contribution in [0, 0.1) is 5.92 Å². The minimum absolute atomic E-state index is 0.141. The molecule has 110 valence electrons. The van der Waals surface area contributed by atoms with Gasteiger partial charge >= 0.3 is 6.18 Å². The first-order valence-electron chi connectivity index (χ1n) is 6.19. The summed E-state index contributed by atoms with van der Waals surface area (Å²) in [4.78, 5) is 11.7. The summed E-state index contributed by atoms with van der Waals surface area (Å²) in [6.07, 6.45) is -2.27. The molecule has 1 amide bonds. The van der Waals surface area contributed by atoms with Gasteiger partial charge in [-0.2, -0.15) is 13.2 Å². The highest BCUT2D eigenvalue weighted by Gasteiger charge is 2.32. The van der Waals surface area contributed by atoms with Crippen molar-refractivity contribution in [1.29, 1.82) is 0 Å². The molecule has 1 atom stereocenters. The molecule has 0 aliphatic heterocycles. The van der Waals surface area contributed by atoms with E-state index in [0.29, 0.717) is 5.92 Å². The van der Waals surface area contributed by atoms with Crippen molar-refractivity contribution < 1.29 is 18.0 Å². The number of carbonyl (C=O) groups is 1. The van der Waals surface area contributed by atoms with Crippen LogP contribution in [0.4, 0.5) is 18.9 Å². The van der Waals surface area contributed by atoms with Crippen LogP contribution >= 0.6 is 11.6 Å². The van der Waals surface area contributed by atoms with Crippen LogP contribution in [0.5, 0.6) is 0 Å². The van der Waals surface area contributed by atoms with E-state index in [2.05, 4.69) is 5.32 Å². The molecule has 1 aliphatic carbocycles. The van der Waals surface area contributed by atoms with Crippen molar-refractivity contribution in [3.63, 3.8) is 0 Å². The molecule has 0 aromatic heterocycles. The molecule has 1 aliphatic rings. The molecule has 1 unspecified atom stereocenters. The monoisotopic (exact) mass is 306 g/mol. The predicted molar refractivity (Wildman–Crippen MR) is 70.4 cm³/mol. The molecule has 3 nitrogen and oxygen atoms in total. The molecule has 0 saturated heterocycles. The van der Waals surface area contributed by atoms with Crippen LogP contribution in [0.3, 0.4) is 0 Å². The van der Waals surface area contributed by atoms with Crippen molar-refractivity contribution in [3.05, 3.63) is 28.8 Å². The molecule has 0 heterocycles. The number of halogens is 4. The van der Waals surface area contributed by atoms with Gasteiger partial charge in [0.1, 0.15) is 0 Å². The van der Waals surface area contributed by atoms with Crippen LogP contribution in [0.25, 0.3) is 0 Å². The van der Waals surface area contributed by atoms with Crippen molar-refractivity contribution >= 4 is 23.2 Å².